The first kappa shape index (κ1) is 17.6. The van der Waals surface area contributed by atoms with E-state index in [0.717, 1.165) is 0 Å². The van der Waals surface area contributed by atoms with E-state index in [-0.39, 0.29) is 11.4 Å². The lowest BCUT2D eigenvalue weighted by Crippen LogP contribution is -2.40. The van der Waals surface area contributed by atoms with E-state index < -0.39 is 4.92 Å². The maximum atomic E-state index is 11.1. The smallest absolute Gasteiger partial charge is 0.287 e. The molecule has 7 heteroatoms. The third kappa shape index (κ3) is 3.75. The summed E-state index contributed by atoms with van der Waals surface area (Å²) in [6.07, 6.45) is 3.50. The minimum absolute atomic E-state index is 0.0502. The number of thiocarbonyl (C=S) groups is 1. The van der Waals surface area contributed by atoms with Crippen molar-refractivity contribution in [2.24, 2.45) is 0 Å². The molecular formula is C17H18N3O3S+. The minimum atomic E-state index is -0.468. The second-order valence-corrected chi connectivity index (χ2v) is 5.51. The van der Waals surface area contributed by atoms with E-state index in [9.17, 15) is 15.2 Å². The maximum Gasteiger partial charge on any atom is 0.287 e. The van der Waals surface area contributed by atoms with Crippen molar-refractivity contribution < 1.29 is 14.6 Å². The van der Waals surface area contributed by atoms with Crippen molar-refractivity contribution in [3.8, 4) is 0 Å². The largest absolute Gasteiger partial charge is 0.502 e. The second-order valence-electron chi connectivity index (χ2n) is 5.10. The van der Waals surface area contributed by atoms with Gasteiger partial charge in [0.2, 0.25) is 0 Å². The lowest BCUT2D eigenvalue weighted by molar-refractivity contribution is -0.576. The lowest BCUT2D eigenvalue weighted by Gasteiger charge is -2.09. The van der Waals surface area contributed by atoms with Crippen LogP contribution in [0.25, 0.3) is 11.5 Å². The van der Waals surface area contributed by atoms with E-state index in [1.54, 1.807) is 48.1 Å². The van der Waals surface area contributed by atoms with Crippen LogP contribution in [-0.4, -0.2) is 21.6 Å². The second kappa shape index (κ2) is 7.65. The molecule has 0 aliphatic heterocycles. The van der Waals surface area contributed by atoms with Gasteiger partial charge >= 0.3 is 0 Å². The summed E-state index contributed by atoms with van der Waals surface area (Å²) in [7, 11) is 0. The van der Waals surface area contributed by atoms with Gasteiger partial charge < -0.3 is 10.4 Å². The molecule has 2 aromatic rings. The molecule has 0 saturated heterocycles. The fourth-order valence-electron chi connectivity index (χ4n) is 2.23. The van der Waals surface area contributed by atoms with Crippen LogP contribution in [0.4, 0.5) is 5.69 Å². The number of aryl methyl sites for hydroxylation is 1. The molecule has 0 atom stereocenters. The van der Waals surface area contributed by atoms with Crippen LogP contribution < -0.4 is 9.88 Å². The molecule has 1 aromatic heterocycles. The Balaban J connectivity index is 2.64. The summed E-state index contributed by atoms with van der Waals surface area (Å²) in [5.41, 5.74) is 1.18. The number of benzene rings is 1. The first-order valence-corrected chi connectivity index (χ1v) is 7.80. The molecule has 0 unspecified atom stereocenters. The zero-order chi connectivity index (χ0) is 17.7. The number of nitrogens with zero attached hydrogens (tertiary/aromatic N) is 2. The highest BCUT2D eigenvalue weighted by Crippen LogP contribution is 2.24. The predicted octanol–water partition coefficient (Wildman–Crippen LogP) is 3.01. The van der Waals surface area contributed by atoms with E-state index in [1.165, 1.54) is 6.07 Å². The van der Waals surface area contributed by atoms with Gasteiger partial charge in [0, 0.05) is 35.9 Å². The van der Waals surface area contributed by atoms with Crippen LogP contribution in [0.5, 0.6) is 0 Å². The van der Waals surface area contributed by atoms with Crippen LogP contribution in [0.1, 0.15) is 18.1 Å². The number of nitro groups is 1. The number of hydrogen-bond donors (Lipinski definition) is 2. The lowest BCUT2D eigenvalue weighted by atomic mass is 10.1. The van der Waals surface area contributed by atoms with Gasteiger partial charge in [0.1, 0.15) is 0 Å². The normalized spacial score (nSPS) is 11.6. The molecule has 0 fully saturated rings. The maximum absolute atomic E-state index is 11.1. The van der Waals surface area contributed by atoms with E-state index in [1.807, 2.05) is 13.0 Å². The average Bonchev–Trinajstić information content (AvgIpc) is 2.56. The number of aliphatic hydroxyl groups is 1. The molecular weight excluding hydrogens is 326 g/mol. The first-order chi connectivity index (χ1) is 11.5. The van der Waals surface area contributed by atoms with Gasteiger partial charge in [0.25, 0.3) is 11.4 Å². The van der Waals surface area contributed by atoms with Crippen LogP contribution in [0.15, 0.2) is 48.8 Å². The van der Waals surface area contributed by atoms with Crippen molar-refractivity contribution in [3.63, 3.8) is 0 Å². The highest BCUT2D eigenvalue weighted by Gasteiger charge is 2.24. The highest BCUT2D eigenvalue weighted by atomic mass is 32.1. The average molecular weight is 344 g/mol. The number of nitro benzene ring substituents is 1. The summed E-state index contributed by atoms with van der Waals surface area (Å²) in [6, 6.07) is 10.0. The van der Waals surface area contributed by atoms with Crippen LogP contribution in [0, 0.1) is 17.0 Å². The Morgan fingerprint density at radius 2 is 2.00 bits per heavy atom. The Bertz CT molecular complexity index is 804. The first-order valence-electron chi connectivity index (χ1n) is 7.39. The Morgan fingerprint density at radius 3 is 2.58 bits per heavy atom. The van der Waals surface area contributed by atoms with Gasteiger partial charge in [-0.2, -0.15) is 4.57 Å². The summed E-state index contributed by atoms with van der Waals surface area (Å²) in [4.78, 5) is 11.0. The van der Waals surface area contributed by atoms with Crippen molar-refractivity contribution in [2.45, 2.75) is 13.8 Å². The summed E-state index contributed by atoms with van der Waals surface area (Å²) < 4.78 is 1.67. The van der Waals surface area contributed by atoms with Gasteiger partial charge in [-0.05, 0) is 13.8 Å². The topological polar surface area (TPSA) is 79.3 Å². The molecule has 0 radical (unpaired) electrons. The number of nitrogens with one attached hydrogen (secondary N) is 1. The SMILES string of the molecule is CCNC(=S)/C(=C(/O)c1ccc(C)c([N+](=O)[O-])c1)[n+]1ccccc1. The Labute approximate surface area is 145 Å². The highest BCUT2D eigenvalue weighted by molar-refractivity contribution is 7.81. The van der Waals surface area contributed by atoms with Crippen LogP contribution in [-0.2, 0) is 0 Å². The van der Waals surface area contributed by atoms with Crippen LogP contribution in [0.3, 0.4) is 0 Å². The number of pyridine rings is 1. The van der Waals surface area contributed by atoms with Crippen LogP contribution >= 0.6 is 12.2 Å². The van der Waals surface area contributed by atoms with E-state index in [0.29, 0.717) is 28.4 Å². The van der Waals surface area contributed by atoms with Gasteiger partial charge in [-0.1, -0.05) is 30.4 Å². The van der Waals surface area contributed by atoms with E-state index in [4.69, 9.17) is 12.2 Å². The third-order valence-electron chi connectivity index (χ3n) is 3.43. The molecule has 124 valence electrons. The van der Waals surface area contributed by atoms with E-state index in [2.05, 4.69) is 5.32 Å². The predicted molar refractivity (Wildman–Crippen MR) is 96.5 cm³/mol. The number of aliphatic hydroxyl groups excluding tert-OH is 1. The number of rotatable bonds is 5. The molecule has 1 aromatic carbocycles. The van der Waals surface area contributed by atoms with Gasteiger partial charge in [-0.3, -0.25) is 10.1 Å². The Kier molecular flexibility index (Phi) is 5.59. The summed E-state index contributed by atoms with van der Waals surface area (Å²) in [5, 5.41) is 24.9. The van der Waals surface area contributed by atoms with Crippen LogP contribution in [0.2, 0.25) is 0 Å². The van der Waals surface area contributed by atoms with Gasteiger partial charge in [0.15, 0.2) is 23.1 Å². The number of aromatic nitrogens is 1. The molecule has 0 bridgehead atoms. The van der Waals surface area contributed by atoms with Crippen molar-refractivity contribution in [2.75, 3.05) is 6.54 Å². The third-order valence-corrected chi connectivity index (χ3v) is 3.77. The van der Waals surface area contributed by atoms with Gasteiger partial charge in [-0.15, -0.1) is 0 Å². The molecule has 0 aliphatic carbocycles. The van der Waals surface area contributed by atoms with Gasteiger partial charge in [-0.25, -0.2) is 0 Å². The summed E-state index contributed by atoms with van der Waals surface area (Å²) in [5.74, 6) is -0.125. The molecule has 2 rings (SSSR count). The minimum Gasteiger partial charge on any atom is -0.502 e. The molecule has 0 spiro atoms. The van der Waals surface area contributed by atoms with Crippen molar-refractivity contribution >= 4 is 34.3 Å². The Hall–Kier alpha value is -2.80. The molecule has 24 heavy (non-hydrogen) atoms. The van der Waals surface area contributed by atoms with Crippen molar-refractivity contribution in [3.05, 3.63) is 70.0 Å². The van der Waals surface area contributed by atoms with Gasteiger partial charge in [0.05, 0.1) is 4.92 Å². The Morgan fingerprint density at radius 1 is 1.33 bits per heavy atom. The molecule has 0 aliphatic rings. The number of hydrogen-bond acceptors (Lipinski definition) is 4. The zero-order valence-corrected chi connectivity index (χ0v) is 14.2. The molecule has 1 heterocycles. The van der Waals surface area contributed by atoms with Crippen molar-refractivity contribution in [1.29, 1.82) is 0 Å². The fraction of sp³-hybridized carbons (Fsp3) is 0.176. The fourth-order valence-corrected chi connectivity index (χ4v) is 2.58. The number of likely N-dealkylation sites (N-methyl/N-ethyl adjacent to an activating group) is 1. The van der Waals surface area contributed by atoms with E-state index >= 15 is 0 Å². The monoisotopic (exact) mass is 344 g/mol. The zero-order valence-electron chi connectivity index (χ0n) is 13.4. The molecule has 0 amide bonds. The molecule has 6 nitrogen and oxygen atoms in total. The summed E-state index contributed by atoms with van der Waals surface area (Å²) in [6.45, 7) is 4.14. The summed E-state index contributed by atoms with van der Waals surface area (Å²) >= 11 is 5.36. The molecule has 0 saturated carbocycles. The standard InChI is InChI=1S/C17H17N3O3S/c1-3-18-17(24)15(19-9-5-4-6-10-19)16(21)13-8-7-12(2)14(11-13)20(22)23/h4-11H,3H2,1-2H3,(H-,18,21,24)/p+1. The quantitative estimate of drug-likeness (QED) is 0.218. The molecule has 2 N–H and O–H groups in total. The van der Waals surface area contributed by atoms with Crippen molar-refractivity contribution in [1.82, 2.24) is 5.32 Å².